The molecule has 0 unspecified atom stereocenters. The molecule has 0 aliphatic heterocycles. The standard InChI is InChI=1S/C13H13NO2S/c1-9(2)16-11-6-10(7-14-8-11)13(15)12-4-3-5-17-12/h3-9H,1-2H3. The van der Waals surface area contributed by atoms with Crippen LogP contribution in [0.25, 0.3) is 0 Å². The van der Waals surface area contributed by atoms with E-state index in [-0.39, 0.29) is 11.9 Å². The predicted octanol–water partition coefficient (Wildman–Crippen LogP) is 3.16. The maximum atomic E-state index is 12.1. The van der Waals surface area contributed by atoms with Crippen molar-refractivity contribution in [2.24, 2.45) is 0 Å². The number of ketones is 1. The van der Waals surface area contributed by atoms with Gasteiger partial charge in [-0.3, -0.25) is 9.78 Å². The summed E-state index contributed by atoms with van der Waals surface area (Å²) in [6, 6.07) is 5.40. The summed E-state index contributed by atoms with van der Waals surface area (Å²) in [5.74, 6) is 0.615. The van der Waals surface area contributed by atoms with Crippen LogP contribution in [0.5, 0.6) is 5.75 Å². The van der Waals surface area contributed by atoms with Gasteiger partial charge in [0.1, 0.15) is 5.75 Å². The minimum Gasteiger partial charge on any atom is -0.489 e. The molecule has 0 atom stereocenters. The van der Waals surface area contributed by atoms with Gasteiger partial charge in [0, 0.05) is 11.8 Å². The van der Waals surface area contributed by atoms with E-state index in [9.17, 15) is 4.79 Å². The molecule has 0 fully saturated rings. The summed E-state index contributed by atoms with van der Waals surface area (Å²) in [6.07, 6.45) is 3.25. The summed E-state index contributed by atoms with van der Waals surface area (Å²) in [7, 11) is 0. The zero-order chi connectivity index (χ0) is 12.3. The fraction of sp³-hybridized carbons (Fsp3) is 0.231. The highest BCUT2D eigenvalue weighted by atomic mass is 32.1. The summed E-state index contributed by atoms with van der Waals surface area (Å²) >= 11 is 1.43. The number of pyridine rings is 1. The Balaban J connectivity index is 2.24. The number of aromatic nitrogens is 1. The molecule has 3 nitrogen and oxygen atoms in total. The summed E-state index contributed by atoms with van der Waals surface area (Å²) < 4.78 is 5.51. The zero-order valence-corrected chi connectivity index (χ0v) is 10.5. The first-order chi connectivity index (χ1) is 8.16. The quantitative estimate of drug-likeness (QED) is 0.779. The third-order valence-electron chi connectivity index (χ3n) is 2.09. The molecular formula is C13H13NO2S. The molecule has 0 amide bonds. The first-order valence-electron chi connectivity index (χ1n) is 5.36. The van der Waals surface area contributed by atoms with Gasteiger partial charge in [-0.05, 0) is 31.4 Å². The van der Waals surface area contributed by atoms with E-state index >= 15 is 0 Å². The number of carbonyl (C=O) groups excluding carboxylic acids is 1. The van der Waals surface area contributed by atoms with Gasteiger partial charge in [-0.15, -0.1) is 11.3 Å². The minimum atomic E-state index is -0.0123. The Morgan fingerprint density at radius 1 is 1.41 bits per heavy atom. The zero-order valence-electron chi connectivity index (χ0n) is 9.71. The van der Waals surface area contributed by atoms with Crippen molar-refractivity contribution in [3.05, 3.63) is 46.4 Å². The minimum absolute atomic E-state index is 0.0123. The second kappa shape index (κ2) is 5.10. The lowest BCUT2D eigenvalue weighted by atomic mass is 10.1. The van der Waals surface area contributed by atoms with Crippen molar-refractivity contribution in [2.75, 3.05) is 0 Å². The SMILES string of the molecule is CC(C)Oc1cncc(C(=O)c2cccs2)c1. The topological polar surface area (TPSA) is 39.2 Å². The smallest absolute Gasteiger partial charge is 0.204 e. The van der Waals surface area contributed by atoms with Crippen molar-refractivity contribution in [2.45, 2.75) is 20.0 Å². The molecule has 0 saturated heterocycles. The van der Waals surface area contributed by atoms with Crippen LogP contribution in [-0.4, -0.2) is 16.9 Å². The van der Waals surface area contributed by atoms with E-state index in [2.05, 4.69) is 4.98 Å². The maximum Gasteiger partial charge on any atom is 0.204 e. The van der Waals surface area contributed by atoms with Gasteiger partial charge in [-0.1, -0.05) is 6.07 Å². The van der Waals surface area contributed by atoms with Crippen molar-refractivity contribution >= 4 is 17.1 Å². The van der Waals surface area contributed by atoms with Crippen molar-refractivity contribution in [3.8, 4) is 5.75 Å². The number of rotatable bonds is 4. The van der Waals surface area contributed by atoms with Gasteiger partial charge in [0.25, 0.3) is 0 Å². The van der Waals surface area contributed by atoms with Gasteiger partial charge in [-0.25, -0.2) is 0 Å². The third-order valence-corrected chi connectivity index (χ3v) is 2.96. The molecule has 4 heteroatoms. The number of hydrogen-bond acceptors (Lipinski definition) is 4. The van der Waals surface area contributed by atoms with E-state index in [1.807, 2.05) is 31.4 Å². The van der Waals surface area contributed by atoms with Crippen LogP contribution >= 0.6 is 11.3 Å². The van der Waals surface area contributed by atoms with E-state index < -0.39 is 0 Å². The summed E-state index contributed by atoms with van der Waals surface area (Å²) in [6.45, 7) is 3.88. The molecule has 0 saturated carbocycles. The highest BCUT2D eigenvalue weighted by Crippen LogP contribution is 2.18. The van der Waals surface area contributed by atoms with Crippen LogP contribution in [-0.2, 0) is 0 Å². The third kappa shape index (κ3) is 2.91. The maximum absolute atomic E-state index is 12.1. The van der Waals surface area contributed by atoms with Gasteiger partial charge in [0.2, 0.25) is 5.78 Å². The van der Waals surface area contributed by atoms with Crippen LogP contribution < -0.4 is 4.74 Å². The fourth-order valence-corrected chi connectivity index (χ4v) is 2.12. The van der Waals surface area contributed by atoms with Crippen molar-refractivity contribution in [1.82, 2.24) is 4.98 Å². The van der Waals surface area contributed by atoms with Crippen LogP contribution in [0, 0.1) is 0 Å². The molecule has 2 aromatic heterocycles. The molecule has 0 radical (unpaired) electrons. The number of thiophene rings is 1. The van der Waals surface area contributed by atoms with E-state index in [0.717, 1.165) is 0 Å². The van der Waals surface area contributed by atoms with Crippen LogP contribution in [0.4, 0.5) is 0 Å². The monoisotopic (exact) mass is 247 g/mol. The number of carbonyl (C=O) groups is 1. The number of nitrogens with zero attached hydrogens (tertiary/aromatic N) is 1. The number of hydrogen-bond donors (Lipinski definition) is 0. The summed E-state index contributed by atoms with van der Waals surface area (Å²) in [4.78, 5) is 16.8. The lowest BCUT2D eigenvalue weighted by molar-refractivity contribution is 0.104. The van der Waals surface area contributed by atoms with E-state index in [4.69, 9.17) is 4.74 Å². The fourth-order valence-electron chi connectivity index (χ4n) is 1.43. The Morgan fingerprint density at radius 3 is 2.88 bits per heavy atom. The molecule has 2 rings (SSSR count). The van der Waals surface area contributed by atoms with Crippen LogP contribution in [0.1, 0.15) is 29.1 Å². The molecule has 2 aromatic rings. The van der Waals surface area contributed by atoms with E-state index in [1.165, 1.54) is 11.3 Å². The Morgan fingerprint density at radius 2 is 2.24 bits per heavy atom. The molecule has 17 heavy (non-hydrogen) atoms. The molecule has 0 N–H and O–H groups in total. The molecule has 88 valence electrons. The second-order valence-corrected chi connectivity index (χ2v) is 4.83. The average Bonchev–Trinajstić information content (AvgIpc) is 2.81. The van der Waals surface area contributed by atoms with E-state index in [0.29, 0.717) is 16.2 Å². The molecule has 0 aliphatic rings. The van der Waals surface area contributed by atoms with Crippen molar-refractivity contribution in [1.29, 1.82) is 0 Å². The first-order valence-corrected chi connectivity index (χ1v) is 6.24. The summed E-state index contributed by atoms with van der Waals surface area (Å²) in [5, 5.41) is 1.88. The molecule has 0 aliphatic carbocycles. The highest BCUT2D eigenvalue weighted by molar-refractivity contribution is 7.12. The lowest BCUT2D eigenvalue weighted by Crippen LogP contribution is -2.07. The second-order valence-electron chi connectivity index (χ2n) is 3.88. The largest absolute Gasteiger partial charge is 0.489 e. The molecule has 0 spiro atoms. The van der Waals surface area contributed by atoms with Crippen LogP contribution in [0.3, 0.4) is 0 Å². The average molecular weight is 247 g/mol. The summed E-state index contributed by atoms with van der Waals surface area (Å²) in [5.41, 5.74) is 0.561. The molecule has 0 aromatic carbocycles. The molecule has 0 bridgehead atoms. The van der Waals surface area contributed by atoms with Gasteiger partial charge in [0.15, 0.2) is 0 Å². The highest BCUT2D eigenvalue weighted by Gasteiger charge is 2.11. The van der Waals surface area contributed by atoms with Crippen molar-refractivity contribution < 1.29 is 9.53 Å². The van der Waals surface area contributed by atoms with Crippen molar-refractivity contribution in [3.63, 3.8) is 0 Å². The first kappa shape index (κ1) is 11.8. The van der Waals surface area contributed by atoms with Gasteiger partial charge < -0.3 is 4.74 Å². The Labute approximate surface area is 104 Å². The Hall–Kier alpha value is -1.68. The Kier molecular flexibility index (Phi) is 3.54. The lowest BCUT2D eigenvalue weighted by Gasteiger charge is -2.09. The van der Waals surface area contributed by atoms with Gasteiger partial charge in [-0.2, -0.15) is 0 Å². The van der Waals surface area contributed by atoms with Crippen LogP contribution in [0.2, 0.25) is 0 Å². The molecular weight excluding hydrogens is 234 g/mol. The number of ether oxygens (including phenoxy) is 1. The predicted molar refractivity (Wildman–Crippen MR) is 67.8 cm³/mol. The molecule has 2 heterocycles. The normalized spacial score (nSPS) is 10.5. The van der Waals surface area contributed by atoms with E-state index in [1.54, 1.807) is 18.5 Å². The van der Waals surface area contributed by atoms with Gasteiger partial charge >= 0.3 is 0 Å². The van der Waals surface area contributed by atoms with Crippen LogP contribution in [0.15, 0.2) is 36.0 Å². The Bertz CT molecular complexity index is 506. The van der Waals surface area contributed by atoms with Gasteiger partial charge in [0.05, 0.1) is 17.2 Å².